The van der Waals surface area contributed by atoms with E-state index < -0.39 is 5.91 Å². The number of hydrogen-bond acceptors (Lipinski definition) is 4. The molecule has 0 unspecified atom stereocenters. The van der Waals surface area contributed by atoms with Gasteiger partial charge in [-0.2, -0.15) is 0 Å². The second-order valence-electron chi connectivity index (χ2n) is 4.41. The maximum absolute atomic E-state index is 11.6. The molecule has 1 rings (SSSR count). The smallest absolute Gasteiger partial charge is 0.269 e. The molecule has 0 spiro atoms. The van der Waals surface area contributed by atoms with Crippen LogP contribution in [0.3, 0.4) is 0 Å². The summed E-state index contributed by atoms with van der Waals surface area (Å²) in [5.41, 5.74) is 7.10. The molecule has 0 fully saturated rings. The minimum atomic E-state index is -0.399. The topological polar surface area (TPSA) is 91.0 Å². The van der Waals surface area contributed by atoms with E-state index in [0.29, 0.717) is 11.3 Å². The first kappa shape index (κ1) is 18.7. The number of nitrogens with two attached hydrogens (primary N) is 1. The van der Waals surface area contributed by atoms with Crippen LogP contribution in [0.4, 0.5) is 0 Å². The average molecular weight is 290 g/mol. The van der Waals surface area contributed by atoms with Crippen molar-refractivity contribution in [1.82, 2.24) is 10.6 Å². The predicted molar refractivity (Wildman–Crippen MR) is 88.2 cm³/mol. The summed E-state index contributed by atoms with van der Waals surface area (Å²) in [6, 6.07) is 9.24. The van der Waals surface area contributed by atoms with Gasteiger partial charge in [0.2, 0.25) is 0 Å². The van der Waals surface area contributed by atoms with Gasteiger partial charge in [0, 0.05) is 18.7 Å². The van der Waals surface area contributed by atoms with Crippen LogP contribution in [0.15, 0.2) is 41.7 Å². The molecule has 5 nitrogen and oxygen atoms in total. The first-order valence-electron chi connectivity index (χ1n) is 7.10. The highest BCUT2D eigenvalue weighted by Gasteiger charge is 2.17. The van der Waals surface area contributed by atoms with E-state index in [1.807, 2.05) is 58.0 Å². The molecule has 5 heteroatoms. The van der Waals surface area contributed by atoms with Crippen molar-refractivity contribution in [3.05, 3.63) is 47.3 Å². The molecule has 1 amide bonds. The van der Waals surface area contributed by atoms with Gasteiger partial charge in [0.05, 0.1) is 11.4 Å². The summed E-state index contributed by atoms with van der Waals surface area (Å²) in [5, 5.41) is 13.7. The van der Waals surface area contributed by atoms with E-state index in [4.69, 9.17) is 11.1 Å². The summed E-state index contributed by atoms with van der Waals surface area (Å²) in [4.78, 5) is 11.6. The number of allylic oxidation sites excluding steroid dienone is 1. The molecule has 0 atom stereocenters. The predicted octanol–water partition coefficient (Wildman–Crippen LogP) is 1.99. The van der Waals surface area contributed by atoms with Crippen molar-refractivity contribution in [3.8, 4) is 0 Å². The standard InChI is InChI=1S/C14H20N4O.C2H6/c1-9(2)18-13(12(16)14(19)17-3)11(15)10-7-5-4-6-8-10;1-2/h4-9,15,18H,16H2,1-3H3,(H,17,19);1-2H3/b13-12+,15-11?;. The number of nitrogens with one attached hydrogen (secondary N) is 3. The monoisotopic (exact) mass is 290 g/mol. The van der Waals surface area contributed by atoms with Crippen LogP contribution in [0.5, 0.6) is 0 Å². The summed E-state index contributed by atoms with van der Waals surface area (Å²) in [7, 11) is 1.51. The Bertz CT molecular complexity index is 492. The highest BCUT2D eigenvalue weighted by Crippen LogP contribution is 2.09. The fourth-order valence-corrected chi connectivity index (χ4v) is 1.57. The van der Waals surface area contributed by atoms with Crippen molar-refractivity contribution in [2.24, 2.45) is 5.73 Å². The van der Waals surface area contributed by atoms with E-state index in [2.05, 4.69) is 10.6 Å². The fourth-order valence-electron chi connectivity index (χ4n) is 1.57. The Morgan fingerprint density at radius 2 is 1.71 bits per heavy atom. The zero-order valence-electron chi connectivity index (χ0n) is 13.4. The van der Waals surface area contributed by atoms with Crippen LogP contribution in [0.1, 0.15) is 33.3 Å². The van der Waals surface area contributed by atoms with Crippen LogP contribution in [0.25, 0.3) is 0 Å². The molecule has 0 aliphatic carbocycles. The van der Waals surface area contributed by atoms with Gasteiger partial charge in [-0.1, -0.05) is 44.2 Å². The largest absolute Gasteiger partial charge is 0.393 e. The maximum atomic E-state index is 11.6. The Balaban J connectivity index is 0.00000191. The Kier molecular flexibility index (Phi) is 8.53. The lowest BCUT2D eigenvalue weighted by atomic mass is 10.1. The van der Waals surface area contributed by atoms with Crippen LogP contribution in [-0.2, 0) is 4.79 Å². The van der Waals surface area contributed by atoms with Crippen molar-refractivity contribution in [2.45, 2.75) is 33.7 Å². The van der Waals surface area contributed by atoms with Crippen LogP contribution in [-0.4, -0.2) is 24.7 Å². The van der Waals surface area contributed by atoms with Gasteiger partial charge in [0.25, 0.3) is 5.91 Å². The van der Waals surface area contributed by atoms with E-state index in [9.17, 15) is 4.79 Å². The number of carbonyl (C=O) groups is 1. The minimum Gasteiger partial charge on any atom is -0.393 e. The lowest BCUT2D eigenvalue weighted by Gasteiger charge is -2.17. The number of likely N-dealkylation sites (N-methyl/N-ethyl adjacent to an activating group) is 1. The molecule has 5 N–H and O–H groups in total. The normalized spacial score (nSPS) is 11.0. The molecule has 0 saturated heterocycles. The lowest BCUT2D eigenvalue weighted by molar-refractivity contribution is -0.117. The number of benzene rings is 1. The Labute approximate surface area is 127 Å². The van der Waals surface area contributed by atoms with E-state index in [0.717, 1.165) is 0 Å². The quantitative estimate of drug-likeness (QED) is 0.494. The van der Waals surface area contributed by atoms with E-state index in [1.54, 1.807) is 0 Å². The van der Waals surface area contributed by atoms with Crippen molar-refractivity contribution < 1.29 is 4.79 Å². The molecule has 116 valence electrons. The Morgan fingerprint density at radius 1 is 1.19 bits per heavy atom. The second kappa shape index (κ2) is 9.58. The molecular formula is C16H26N4O. The van der Waals surface area contributed by atoms with Crippen molar-refractivity contribution >= 4 is 11.6 Å². The Morgan fingerprint density at radius 3 is 2.14 bits per heavy atom. The molecule has 0 radical (unpaired) electrons. The zero-order valence-corrected chi connectivity index (χ0v) is 13.4. The highest BCUT2D eigenvalue weighted by molar-refractivity contribution is 6.14. The third-order valence-electron chi connectivity index (χ3n) is 2.49. The summed E-state index contributed by atoms with van der Waals surface area (Å²) in [6.45, 7) is 7.85. The van der Waals surface area contributed by atoms with Gasteiger partial charge in [0.1, 0.15) is 5.70 Å². The van der Waals surface area contributed by atoms with E-state index in [-0.39, 0.29) is 17.5 Å². The minimum absolute atomic E-state index is 0.0186. The molecule has 0 heterocycles. The summed E-state index contributed by atoms with van der Waals surface area (Å²) >= 11 is 0. The molecule has 0 aromatic heterocycles. The van der Waals surface area contributed by atoms with Crippen LogP contribution >= 0.6 is 0 Å². The summed E-state index contributed by atoms with van der Waals surface area (Å²) in [6.07, 6.45) is 0. The van der Waals surface area contributed by atoms with Gasteiger partial charge in [-0.05, 0) is 13.8 Å². The average Bonchev–Trinajstić information content (AvgIpc) is 2.53. The summed E-state index contributed by atoms with van der Waals surface area (Å²) in [5.74, 6) is -0.399. The molecule has 0 aliphatic rings. The van der Waals surface area contributed by atoms with Crippen LogP contribution < -0.4 is 16.4 Å². The fraction of sp³-hybridized carbons (Fsp3) is 0.375. The zero-order chi connectivity index (χ0) is 16.4. The van der Waals surface area contributed by atoms with Gasteiger partial charge in [0.15, 0.2) is 0 Å². The van der Waals surface area contributed by atoms with Gasteiger partial charge in [-0.3, -0.25) is 10.2 Å². The Hall–Kier alpha value is -2.30. The SMILES string of the molecule is CC.CNC(=O)/C(N)=C(\NC(C)C)C(=N)c1ccccc1. The van der Waals surface area contributed by atoms with E-state index >= 15 is 0 Å². The third kappa shape index (κ3) is 5.69. The van der Waals surface area contributed by atoms with Crippen molar-refractivity contribution in [2.75, 3.05) is 7.05 Å². The van der Waals surface area contributed by atoms with Gasteiger partial charge in [-0.15, -0.1) is 0 Å². The molecule has 0 bridgehead atoms. The van der Waals surface area contributed by atoms with Crippen molar-refractivity contribution in [3.63, 3.8) is 0 Å². The number of carbonyl (C=O) groups excluding carboxylic acids is 1. The van der Waals surface area contributed by atoms with E-state index in [1.165, 1.54) is 7.05 Å². The highest BCUT2D eigenvalue weighted by atomic mass is 16.1. The number of amides is 1. The second-order valence-corrected chi connectivity index (χ2v) is 4.41. The first-order chi connectivity index (χ1) is 9.97. The first-order valence-corrected chi connectivity index (χ1v) is 7.10. The molecule has 0 saturated carbocycles. The molecule has 21 heavy (non-hydrogen) atoms. The summed E-state index contributed by atoms with van der Waals surface area (Å²) < 4.78 is 0. The number of rotatable bonds is 5. The van der Waals surface area contributed by atoms with Crippen LogP contribution in [0, 0.1) is 5.41 Å². The lowest BCUT2D eigenvalue weighted by Crippen LogP contribution is -2.35. The van der Waals surface area contributed by atoms with Gasteiger partial charge < -0.3 is 16.4 Å². The molecule has 1 aromatic rings. The molecular weight excluding hydrogens is 264 g/mol. The van der Waals surface area contributed by atoms with Crippen LogP contribution in [0.2, 0.25) is 0 Å². The molecule has 0 aliphatic heterocycles. The van der Waals surface area contributed by atoms with Gasteiger partial charge >= 0.3 is 0 Å². The van der Waals surface area contributed by atoms with Gasteiger partial charge in [-0.25, -0.2) is 0 Å². The third-order valence-corrected chi connectivity index (χ3v) is 2.49. The van der Waals surface area contributed by atoms with Crippen molar-refractivity contribution in [1.29, 1.82) is 5.41 Å². The maximum Gasteiger partial charge on any atom is 0.269 e. The number of hydrogen-bond donors (Lipinski definition) is 4. The molecule has 1 aromatic carbocycles.